The fraction of sp³-hybridized carbons (Fsp3) is 0.300. The first-order valence-corrected chi connectivity index (χ1v) is 9.93. The Labute approximate surface area is 177 Å². The molecule has 1 saturated heterocycles. The van der Waals surface area contributed by atoms with Gasteiger partial charge in [-0.2, -0.15) is 4.98 Å². The lowest BCUT2D eigenvalue weighted by Gasteiger charge is -2.22. The van der Waals surface area contributed by atoms with Crippen LogP contribution in [0.4, 0.5) is 16.6 Å². The fourth-order valence-electron chi connectivity index (χ4n) is 3.70. The molecule has 30 heavy (non-hydrogen) atoms. The number of anilines is 2. The van der Waals surface area contributed by atoms with Gasteiger partial charge in [-0.1, -0.05) is 11.6 Å². The molecule has 2 atom stereocenters. The zero-order valence-corrected chi connectivity index (χ0v) is 17.1. The quantitative estimate of drug-likeness (QED) is 0.679. The summed E-state index contributed by atoms with van der Waals surface area (Å²) in [5.41, 5.74) is 2.67. The fourth-order valence-corrected chi connectivity index (χ4v) is 3.86. The van der Waals surface area contributed by atoms with E-state index in [1.807, 2.05) is 30.5 Å². The van der Waals surface area contributed by atoms with Crippen molar-refractivity contribution in [1.29, 1.82) is 0 Å². The van der Waals surface area contributed by atoms with E-state index in [0.29, 0.717) is 30.0 Å². The summed E-state index contributed by atoms with van der Waals surface area (Å²) in [7, 11) is 0. The van der Waals surface area contributed by atoms with Crippen LogP contribution in [-0.4, -0.2) is 38.3 Å². The summed E-state index contributed by atoms with van der Waals surface area (Å²) in [6, 6.07) is 6.95. The van der Waals surface area contributed by atoms with Gasteiger partial charge >= 0.3 is 6.09 Å². The molecular formula is C20H19ClN6O3. The maximum atomic E-state index is 12.0. The van der Waals surface area contributed by atoms with Gasteiger partial charge in [0.15, 0.2) is 0 Å². The molecule has 2 aromatic heterocycles. The van der Waals surface area contributed by atoms with E-state index >= 15 is 0 Å². The summed E-state index contributed by atoms with van der Waals surface area (Å²) >= 11 is 6.07. The zero-order valence-electron chi connectivity index (χ0n) is 16.4. The number of fused-ring (bicyclic) bond motifs is 3. The van der Waals surface area contributed by atoms with Crippen LogP contribution in [0.25, 0.3) is 5.69 Å². The Bertz CT molecular complexity index is 1130. The first-order chi connectivity index (χ1) is 14.5. The van der Waals surface area contributed by atoms with Crippen LogP contribution in [0.3, 0.4) is 0 Å². The van der Waals surface area contributed by atoms with Crippen LogP contribution in [-0.2, 0) is 11.3 Å². The molecule has 3 aromatic rings. The monoisotopic (exact) mass is 426 g/mol. The predicted molar refractivity (Wildman–Crippen MR) is 110 cm³/mol. The van der Waals surface area contributed by atoms with Crippen LogP contribution in [0, 0.1) is 0 Å². The molecular weight excluding hydrogens is 408 g/mol. The van der Waals surface area contributed by atoms with E-state index in [2.05, 4.69) is 20.3 Å². The first kappa shape index (κ1) is 18.7. The third-order valence-corrected chi connectivity index (χ3v) is 5.41. The number of halogens is 1. The molecule has 1 aromatic carbocycles. The Balaban J connectivity index is 1.40. The van der Waals surface area contributed by atoms with Crippen molar-refractivity contribution in [3.63, 3.8) is 0 Å². The molecule has 9 nitrogen and oxygen atoms in total. The van der Waals surface area contributed by atoms with Gasteiger partial charge in [0.1, 0.15) is 31.1 Å². The van der Waals surface area contributed by atoms with Gasteiger partial charge in [-0.05, 0) is 32.0 Å². The Hall–Kier alpha value is -3.33. The Morgan fingerprint density at radius 3 is 2.93 bits per heavy atom. The number of amides is 1. The summed E-state index contributed by atoms with van der Waals surface area (Å²) in [6.07, 6.45) is 2.98. The van der Waals surface area contributed by atoms with Gasteiger partial charge in [0.25, 0.3) is 0 Å². The minimum absolute atomic E-state index is 0.0800. The highest BCUT2D eigenvalue weighted by atomic mass is 35.5. The van der Waals surface area contributed by atoms with Gasteiger partial charge in [0.2, 0.25) is 5.95 Å². The largest absolute Gasteiger partial charge is 0.485 e. The molecule has 0 unspecified atom stereocenters. The SMILES string of the molecule is C[C@H](Nc1nccc(N2C(=O)OC[C@@H]2C)n1)c1ncn2c1COc1cc(Cl)ccc1-2. The molecule has 0 radical (unpaired) electrons. The van der Waals surface area contributed by atoms with Crippen LogP contribution in [0.15, 0.2) is 36.8 Å². The van der Waals surface area contributed by atoms with Crippen molar-refractivity contribution in [3.05, 3.63) is 53.2 Å². The lowest BCUT2D eigenvalue weighted by atomic mass is 10.1. The summed E-state index contributed by atoms with van der Waals surface area (Å²) in [4.78, 5) is 26.9. The molecule has 1 fully saturated rings. The van der Waals surface area contributed by atoms with E-state index in [1.165, 1.54) is 4.90 Å². The van der Waals surface area contributed by atoms with Gasteiger partial charge in [-0.3, -0.25) is 9.47 Å². The summed E-state index contributed by atoms with van der Waals surface area (Å²) in [6.45, 7) is 4.61. The lowest BCUT2D eigenvalue weighted by Crippen LogP contribution is -2.32. The van der Waals surface area contributed by atoms with E-state index < -0.39 is 6.09 Å². The summed E-state index contributed by atoms with van der Waals surface area (Å²) in [5, 5.41) is 3.89. The van der Waals surface area contributed by atoms with E-state index in [0.717, 1.165) is 22.8 Å². The average Bonchev–Trinajstić information content (AvgIpc) is 3.31. The highest BCUT2D eigenvalue weighted by Crippen LogP contribution is 2.34. The maximum absolute atomic E-state index is 12.0. The number of ether oxygens (including phenoxy) is 2. The van der Waals surface area contributed by atoms with Crippen molar-refractivity contribution >= 4 is 29.5 Å². The van der Waals surface area contributed by atoms with Crippen LogP contribution in [0.2, 0.25) is 5.02 Å². The number of nitrogens with one attached hydrogen (secondary N) is 1. The molecule has 1 amide bonds. The molecule has 4 heterocycles. The molecule has 0 saturated carbocycles. The second kappa shape index (κ2) is 7.17. The number of imidazole rings is 1. The molecule has 154 valence electrons. The average molecular weight is 427 g/mol. The molecule has 0 aliphatic carbocycles. The zero-order chi connectivity index (χ0) is 20.8. The van der Waals surface area contributed by atoms with Gasteiger partial charge < -0.3 is 14.8 Å². The number of hydrogen-bond donors (Lipinski definition) is 1. The molecule has 1 N–H and O–H groups in total. The molecule has 2 aliphatic heterocycles. The molecule has 0 bridgehead atoms. The third-order valence-electron chi connectivity index (χ3n) is 5.17. The molecule has 10 heteroatoms. The minimum atomic E-state index is -0.403. The van der Waals surface area contributed by atoms with Gasteiger partial charge in [0, 0.05) is 17.3 Å². The van der Waals surface area contributed by atoms with Crippen molar-refractivity contribution in [1.82, 2.24) is 19.5 Å². The number of rotatable bonds is 4. The van der Waals surface area contributed by atoms with E-state index in [-0.39, 0.29) is 12.1 Å². The molecule has 0 spiro atoms. The Morgan fingerprint density at radius 2 is 2.13 bits per heavy atom. The summed E-state index contributed by atoms with van der Waals surface area (Å²) in [5.74, 6) is 1.62. The van der Waals surface area contributed by atoms with E-state index in [9.17, 15) is 4.79 Å². The normalized spacial score (nSPS) is 18.3. The molecule has 2 aliphatic rings. The van der Waals surface area contributed by atoms with Crippen molar-refractivity contribution < 1.29 is 14.3 Å². The first-order valence-electron chi connectivity index (χ1n) is 9.55. The highest BCUT2D eigenvalue weighted by molar-refractivity contribution is 6.30. The van der Waals surface area contributed by atoms with Crippen molar-refractivity contribution in [2.45, 2.75) is 32.5 Å². The third kappa shape index (κ3) is 3.11. The number of carbonyl (C=O) groups excluding carboxylic acids is 1. The van der Waals surface area contributed by atoms with Crippen molar-refractivity contribution in [3.8, 4) is 11.4 Å². The maximum Gasteiger partial charge on any atom is 0.415 e. The predicted octanol–water partition coefficient (Wildman–Crippen LogP) is 3.73. The second-order valence-electron chi connectivity index (χ2n) is 7.25. The number of carbonyl (C=O) groups is 1. The standard InChI is InChI=1S/C20H19ClN6O3/c1-11-8-30-20(28)27(11)17-5-6-22-19(25-17)24-12(2)18-15-9-29-16-7-13(21)3-4-14(16)26(15)10-23-18/h3-7,10-12H,8-9H2,1-2H3,(H,22,24,25)/t11-,12-/m0/s1. The van der Waals surface area contributed by atoms with Crippen LogP contribution >= 0.6 is 11.6 Å². The van der Waals surface area contributed by atoms with Crippen LogP contribution in [0.1, 0.15) is 31.3 Å². The number of nitrogens with zero attached hydrogens (tertiary/aromatic N) is 5. The Kier molecular flexibility index (Phi) is 4.47. The topological polar surface area (TPSA) is 94.4 Å². The van der Waals surface area contributed by atoms with Crippen LogP contribution < -0.4 is 15.0 Å². The van der Waals surface area contributed by atoms with Crippen LogP contribution in [0.5, 0.6) is 5.75 Å². The lowest BCUT2D eigenvalue weighted by molar-refractivity contribution is 0.179. The highest BCUT2D eigenvalue weighted by Gasteiger charge is 2.32. The van der Waals surface area contributed by atoms with Crippen molar-refractivity contribution in [2.24, 2.45) is 0 Å². The summed E-state index contributed by atoms with van der Waals surface area (Å²) < 4.78 is 13.0. The van der Waals surface area contributed by atoms with E-state index in [4.69, 9.17) is 21.1 Å². The number of benzene rings is 1. The minimum Gasteiger partial charge on any atom is -0.485 e. The van der Waals surface area contributed by atoms with Crippen molar-refractivity contribution in [2.75, 3.05) is 16.8 Å². The van der Waals surface area contributed by atoms with Gasteiger partial charge in [-0.25, -0.2) is 14.8 Å². The molecule has 5 rings (SSSR count). The van der Waals surface area contributed by atoms with E-state index in [1.54, 1.807) is 24.7 Å². The number of aromatic nitrogens is 4. The van der Waals surface area contributed by atoms with Gasteiger partial charge in [0.05, 0.1) is 29.2 Å². The number of cyclic esters (lactones) is 1. The Morgan fingerprint density at radius 1 is 1.27 bits per heavy atom. The van der Waals surface area contributed by atoms with Gasteiger partial charge in [-0.15, -0.1) is 0 Å². The number of hydrogen-bond acceptors (Lipinski definition) is 7. The smallest absolute Gasteiger partial charge is 0.415 e. The second-order valence-corrected chi connectivity index (χ2v) is 7.68.